The molecule has 0 unspecified atom stereocenters. The van der Waals surface area contributed by atoms with Gasteiger partial charge in [0.15, 0.2) is 0 Å². The van der Waals surface area contributed by atoms with Gasteiger partial charge in [0.25, 0.3) is 0 Å². The average molecular weight is 251 g/mol. The highest BCUT2D eigenvalue weighted by Gasteiger charge is 2.23. The quantitative estimate of drug-likeness (QED) is 0.864. The minimum absolute atomic E-state index is 0.237. The lowest BCUT2D eigenvalue weighted by Gasteiger charge is -2.23. The number of likely N-dealkylation sites (tertiary alicyclic amines) is 1. The van der Waals surface area contributed by atoms with Crippen molar-refractivity contribution in [1.82, 2.24) is 4.90 Å². The van der Waals surface area contributed by atoms with E-state index in [0.29, 0.717) is 6.04 Å². The molecule has 0 amide bonds. The molecule has 0 saturated carbocycles. The van der Waals surface area contributed by atoms with E-state index in [0.717, 1.165) is 43.0 Å². The molecule has 0 spiro atoms. The van der Waals surface area contributed by atoms with Crippen LogP contribution in [0.25, 0.3) is 0 Å². The van der Waals surface area contributed by atoms with E-state index in [2.05, 4.69) is 4.90 Å². The van der Waals surface area contributed by atoms with Crippen molar-refractivity contribution in [2.24, 2.45) is 0 Å². The third-order valence-electron chi connectivity index (χ3n) is 3.51. The third-order valence-corrected chi connectivity index (χ3v) is 3.51. The van der Waals surface area contributed by atoms with Crippen molar-refractivity contribution in [2.75, 3.05) is 27.4 Å². The lowest BCUT2D eigenvalue weighted by molar-refractivity contribution is 0.153. The normalized spacial score (nSPS) is 20.1. The van der Waals surface area contributed by atoms with Gasteiger partial charge >= 0.3 is 0 Å². The third kappa shape index (κ3) is 2.94. The highest BCUT2D eigenvalue weighted by Crippen LogP contribution is 2.26. The molecular formula is C14H21NO3. The Kier molecular flexibility index (Phi) is 4.44. The van der Waals surface area contributed by atoms with Crippen molar-refractivity contribution in [3.05, 3.63) is 23.8 Å². The lowest BCUT2D eigenvalue weighted by atomic mass is 10.1. The van der Waals surface area contributed by atoms with Crippen molar-refractivity contribution in [2.45, 2.75) is 25.4 Å². The summed E-state index contributed by atoms with van der Waals surface area (Å²) in [4.78, 5) is 2.31. The topological polar surface area (TPSA) is 41.9 Å². The number of nitrogens with zero attached hydrogens (tertiary/aromatic N) is 1. The van der Waals surface area contributed by atoms with Gasteiger partial charge in [-0.1, -0.05) is 0 Å². The summed E-state index contributed by atoms with van der Waals surface area (Å²) in [6.45, 7) is 2.12. The molecule has 0 aromatic heterocycles. The largest absolute Gasteiger partial charge is 0.497 e. The second-order valence-corrected chi connectivity index (χ2v) is 4.67. The van der Waals surface area contributed by atoms with Crippen LogP contribution < -0.4 is 9.47 Å². The van der Waals surface area contributed by atoms with Gasteiger partial charge in [0.1, 0.15) is 11.5 Å². The average Bonchev–Trinajstić information content (AvgIpc) is 2.85. The minimum atomic E-state index is 0.237. The molecule has 0 bridgehead atoms. The molecule has 0 radical (unpaired) electrons. The summed E-state index contributed by atoms with van der Waals surface area (Å²) in [5, 5.41) is 9.32. The standard InChI is InChI=1S/C14H21NO3/c1-17-13-6-11(7-14(8-13)18-2)9-15-5-3-4-12(15)10-16/h6-8,12,16H,3-5,9-10H2,1-2H3/t12-/m1/s1. The monoisotopic (exact) mass is 251 g/mol. The molecule has 18 heavy (non-hydrogen) atoms. The molecule has 1 saturated heterocycles. The molecule has 100 valence electrons. The summed E-state index contributed by atoms with van der Waals surface area (Å²) in [6, 6.07) is 6.21. The van der Waals surface area contributed by atoms with Crippen molar-refractivity contribution < 1.29 is 14.6 Å². The first kappa shape index (κ1) is 13.2. The van der Waals surface area contributed by atoms with Crippen LogP contribution in [0.5, 0.6) is 11.5 Å². The second kappa shape index (κ2) is 6.07. The van der Waals surface area contributed by atoms with Gasteiger partial charge in [0.05, 0.1) is 20.8 Å². The number of ether oxygens (including phenoxy) is 2. The van der Waals surface area contributed by atoms with Crippen LogP contribution in [0, 0.1) is 0 Å². The predicted molar refractivity (Wildman–Crippen MR) is 70.1 cm³/mol. The van der Waals surface area contributed by atoms with E-state index in [9.17, 15) is 5.11 Å². The Morgan fingerprint density at radius 3 is 2.44 bits per heavy atom. The maximum Gasteiger partial charge on any atom is 0.122 e. The maximum atomic E-state index is 9.32. The zero-order chi connectivity index (χ0) is 13.0. The Hall–Kier alpha value is -1.26. The molecule has 1 fully saturated rings. The number of rotatable bonds is 5. The molecule has 1 heterocycles. The summed E-state index contributed by atoms with van der Waals surface area (Å²) in [5.41, 5.74) is 1.16. The number of hydrogen-bond acceptors (Lipinski definition) is 4. The van der Waals surface area contributed by atoms with E-state index in [4.69, 9.17) is 9.47 Å². The van der Waals surface area contributed by atoms with Crippen molar-refractivity contribution in [1.29, 1.82) is 0 Å². The van der Waals surface area contributed by atoms with E-state index in [1.54, 1.807) is 14.2 Å². The van der Waals surface area contributed by atoms with Crippen LogP contribution in [0.1, 0.15) is 18.4 Å². The van der Waals surface area contributed by atoms with Gasteiger partial charge in [-0.3, -0.25) is 4.90 Å². The summed E-state index contributed by atoms with van der Waals surface area (Å²) in [5.74, 6) is 1.62. The number of aliphatic hydroxyl groups is 1. The fraction of sp³-hybridized carbons (Fsp3) is 0.571. The van der Waals surface area contributed by atoms with E-state index in [1.807, 2.05) is 18.2 Å². The van der Waals surface area contributed by atoms with Crippen LogP contribution in [-0.2, 0) is 6.54 Å². The maximum absolute atomic E-state index is 9.32. The minimum Gasteiger partial charge on any atom is -0.497 e. The zero-order valence-corrected chi connectivity index (χ0v) is 11.1. The highest BCUT2D eigenvalue weighted by molar-refractivity contribution is 5.38. The van der Waals surface area contributed by atoms with E-state index >= 15 is 0 Å². The molecule has 4 heteroatoms. The molecular weight excluding hydrogens is 230 g/mol. The zero-order valence-electron chi connectivity index (χ0n) is 11.1. The SMILES string of the molecule is COc1cc(CN2CCC[C@@H]2CO)cc(OC)c1. The smallest absolute Gasteiger partial charge is 0.122 e. The summed E-state index contributed by atoms with van der Waals surface area (Å²) < 4.78 is 10.5. The Morgan fingerprint density at radius 2 is 1.89 bits per heavy atom. The Bertz CT molecular complexity index is 372. The molecule has 1 aromatic rings. The lowest BCUT2D eigenvalue weighted by Crippen LogP contribution is -2.31. The molecule has 0 aliphatic carbocycles. The first-order chi connectivity index (χ1) is 8.76. The highest BCUT2D eigenvalue weighted by atomic mass is 16.5. The van der Waals surface area contributed by atoms with Crippen molar-refractivity contribution in [3.8, 4) is 11.5 Å². The molecule has 1 aliphatic rings. The fourth-order valence-electron chi connectivity index (χ4n) is 2.50. The predicted octanol–water partition coefficient (Wildman–Crippen LogP) is 1.66. The van der Waals surface area contributed by atoms with E-state index < -0.39 is 0 Å². The Balaban J connectivity index is 2.12. The summed E-state index contributed by atoms with van der Waals surface area (Å²) in [6.07, 6.45) is 2.24. The Labute approximate surface area is 108 Å². The number of aliphatic hydroxyl groups excluding tert-OH is 1. The van der Waals surface area contributed by atoms with Crippen LogP contribution in [0.4, 0.5) is 0 Å². The van der Waals surface area contributed by atoms with Gasteiger partial charge in [-0.15, -0.1) is 0 Å². The van der Waals surface area contributed by atoms with Crippen molar-refractivity contribution in [3.63, 3.8) is 0 Å². The number of benzene rings is 1. The van der Waals surface area contributed by atoms with Gasteiger partial charge < -0.3 is 14.6 Å². The van der Waals surface area contributed by atoms with Gasteiger partial charge in [0, 0.05) is 18.7 Å². The van der Waals surface area contributed by atoms with E-state index in [1.165, 1.54) is 0 Å². The first-order valence-electron chi connectivity index (χ1n) is 6.33. The van der Waals surface area contributed by atoms with Gasteiger partial charge in [-0.2, -0.15) is 0 Å². The van der Waals surface area contributed by atoms with Crippen molar-refractivity contribution >= 4 is 0 Å². The fourth-order valence-corrected chi connectivity index (χ4v) is 2.50. The van der Waals surface area contributed by atoms with Gasteiger partial charge in [-0.25, -0.2) is 0 Å². The molecule has 2 rings (SSSR count). The number of methoxy groups -OCH3 is 2. The number of hydrogen-bond donors (Lipinski definition) is 1. The van der Waals surface area contributed by atoms with Gasteiger partial charge in [-0.05, 0) is 37.1 Å². The van der Waals surface area contributed by atoms with Crippen LogP contribution in [0.15, 0.2) is 18.2 Å². The van der Waals surface area contributed by atoms with Crippen LogP contribution in [0.2, 0.25) is 0 Å². The van der Waals surface area contributed by atoms with Crippen LogP contribution in [0.3, 0.4) is 0 Å². The molecule has 1 atom stereocenters. The second-order valence-electron chi connectivity index (χ2n) is 4.67. The summed E-state index contributed by atoms with van der Waals surface area (Å²) >= 11 is 0. The Morgan fingerprint density at radius 1 is 1.22 bits per heavy atom. The molecule has 1 aromatic carbocycles. The molecule has 4 nitrogen and oxygen atoms in total. The van der Waals surface area contributed by atoms with Gasteiger partial charge in [0.2, 0.25) is 0 Å². The van der Waals surface area contributed by atoms with Crippen LogP contribution in [-0.4, -0.2) is 43.4 Å². The molecule has 1 aliphatic heterocycles. The summed E-state index contributed by atoms with van der Waals surface area (Å²) in [7, 11) is 3.32. The van der Waals surface area contributed by atoms with E-state index in [-0.39, 0.29) is 6.61 Å². The van der Waals surface area contributed by atoms with Crippen LogP contribution >= 0.6 is 0 Å². The first-order valence-corrected chi connectivity index (χ1v) is 6.33. The molecule has 1 N–H and O–H groups in total.